The number of aromatic amines is 1. The Kier molecular flexibility index (Phi) is 14.0. The maximum Gasteiger partial charge on any atom is 0.272 e. The zero-order valence-electron chi connectivity index (χ0n) is 32.3. The van der Waals surface area contributed by atoms with Crippen LogP contribution in [0.15, 0.2) is 102 Å². The SMILES string of the molecule is CCc1ccccc1CC(/C=N\c1cc(OCCCC(=O)Nc2c[nH]c(C(=O)Nc3ccc(-c4ccc(N)cc4)cc3)c2)c(OC)cc1C(C)=O)[C@H](C)CC. The summed E-state index contributed by atoms with van der Waals surface area (Å²) in [5.41, 5.74) is 13.5. The number of benzene rings is 4. The van der Waals surface area contributed by atoms with Crippen molar-refractivity contribution in [3.05, 3.63) is 120 Å². The number of ketones is 1. The van der Waals surface area contributed by atoms with Gasteiger partial charge in [0.2, 0.25) is 5.91 Å². The van der Waals surface area contributed by atoms with Gasteiger partial charge in [0, 0.05) is 47.8 Å². The Balaban J connectivity index is 1.16. The Morgan fingerprint density at radius 2 is 1.56 bits per heavy atom. The van der Waals surface area contributed by atoms with Crippen molar-refractivity contribution in [3.8, 4) is 22.6 Å². The van der Waals surface area contributed by atoms with Crippen molar-refractivity contribution in [1.82, 2.24) is 4.98 Å². The number of H-pyrrole nitrogens is 1. The number of aliphatic imine (C=N–C) groups is 1. The van der Waals surface area contributed by atoms with Gasteiger partial charge in [0.1, 0.15) is 5.69 Å². The number of hydrogen-bond donors (Lipinski definition) is 4. The Labute approximate surface area is 323 Å². The number of nitrogens with two attached hydrogens (primary N) is 1. The van der Waals surface area contributed by atoms with E-state index in [1.807, 2.05) is 54.7 Å². The van der Waals surface area contributed by atoms with Gasteiger partial charge in [-0.1, -0.05) is 75.7 Å². The number of nitrogens with zero attached hydrogens (tertiary/aromatic N) is 1. The molecule has 0 radical (unpaired) electrons. The Hall–Kier alpha value is -6.16. The third-order valence-corrected chi connectivity index (χ3v) is 9.80. The van der Waals surface area contributed by atoms with E-state index in [9.17, 15) is 14.4 Å². The molecule has 2 atom stereocenters. The number of nitrogen functional groups attached to an aromatic ring is 1. The van der Waals surface area contributed by atoms with Crippen LogP contribution in [0, 0.1) is 11.8 Å². The lowest BCUT2D eigenvalue weighted by Crippen LogP contribution is -2.16. The zero-order valence-corrected chi connectivity index (χ0v) is 32.3. The van der Waals surface area contributed by atoms with E-state index in [1.165, 1.54) is 25.2 Å². The van der Waals surface area contributed by atoms with Gasteiger partial charge in [-0.05, 0) is 90.8 Å². The Bertz CT molecular complexity index is 2100. The lowest BCUT2D eigenvalue weighted by Gasteiger charge is -2.21. The second-order valence-electron chi connectivity index (χ2n) is 13.7. The lowest BCUT2D eigenvalue weighted by molar-refractivity contribution is -0.116. The molecule has 5 rings (SSSR count). The number of Topliss-reactive ketones (excluding diaryl/α,β-unsaturated/α-hetero) is 1. The fourth-order valence-corrected chi connectivity index (χ4v) is 6.30. The molecule has 5 N–H and O–H groups in total. The van der Waals surface area contributed by atoms with Gasteiger partial charge in [0.05, 0.1) is 25.1 Å². The Morgan fingerprint density at radius 3 is 2.22 bits per heavy atom. The molecule has 1 aromatic heterocycles. The average Bonchev–Trinajstić information content (AvgIpc) is 3.67. The van der Waals surface area contributed by atoms with Crippen LogP contribution >= 0.6 is 0 Å². The molecule has 2 amide bonds. The fourth-order valence-electron chi connectivity index (χ4n) is 6.30. The molecule has 10 nitrogen and oxygen atoms in total. The molecule has 5 aromatic rings. The summed E-state index contributed by atoms with van der Waals surface area (Å²) in [5, 5.41) is 5.70. The van der Waals surface area contributed by atoms with E-state index < -0.39 is 0 Å². The first kappa shape index (κ1) is 40.0. The number of anilines is 3. The first-order chi connectivity index (χ1) is 26.6. The molecule has 1 unspecified atom stereocenters. The highest BCUT2D eigenvalue weighted by atomic mass is 16.5. The van der Waals surface area contributed by atoms with Crippen molar-refractivity contribution in [3.63, 3.8) is 0 Å². The summed E-state index contributed by atoms with van der Waals surface area (Å²) >= 11 is 0. The Morgan fingerprint density at radius 1 is 0.873 bits per heavy atom. The largest absolute Gasteiger partial charge is 0.493 e. The van der Waals surface area contributed by atoms with E-state index in [-0.39, 0.29) is 36.5 Å². The van der Waals surface area contributed by atoms with Gasteiger partial charge >= 0.3 is 0 Å². The summed E-state index contributed by atoms with van der Waals surface area (Å²) in [7, 11) is 1.52. The van der Waals surface area contributed by atoms with Crippen molar-refractivity contribution in [1.29, 1.82) is 0 Å². The summed E-state index contributed by atoms with van der Waals surface area (Å²) in [6, 6.07) is 28.6. The van der Waals surface area contributed by atoms with Gasteiger partial charge in [-0.2, -0.15) is 0 Å². The normalized spacial score (nSPS) is 12.2. The van der Waals surface area contributed by atoms with E-state index in [4.69, 9.17) is 20.2 Å². The molecule has 10 heteroatoms. The molecule has 0 aliphatic carbocycles. The number of carbonyl (C=O) groups is 3. The fraction of sp³-hybridized carbons (Fsp3) is 0.289. The van der Waals surface area contributed by atoms with Crippen molar-refractivity contribution in [2.24, 2.45) is 16.8 Å². The second kappa shape index (κ2) is 19.3. The quantitative estimate of drug-likeness (QED) is 0.0304. The van der Waals surface area contributed by atoms with E-state index in [2.05, 4.69) is 60.7 Å². The van der Waals surface area contributed by atoms with Crippen LogP contribution in [0.3, 0.4) is 0 Å². The molecule has 286 valence electrons. The number of methoxy groups -OCH3 is 1. The highest BCUT2D eigenvalue weighted by Crippen LogP contribution is 2.36. The van der Waals surface area contributed by atoms with E-state index in [0.29, 0.717) is 57.8 Å². The van der Waals surface area contributed by atoms with Crippen molar-refractivity contribution in [2.45, 2.75) is 59.8 Å². The third-order valence-electron chi connectivity index (χ3n) is 9.80. The second-order valence-corrected chi connectivity index (χ2v) is 13.7. The first-order valence-corrected chi connectivity index (χ1v) is 18.8. The maximum atomic E-state index is 12.9. The van der Waals surface area contributed by atoms with Gasteiger partial charge in [-0.3, -0.25) is 19.4 Å². The van der Waals surface area contributed by atoms with Crippen molar-refractivity contribution >= 4 is 46.6 Å². The van der Waals surface area contributed by atoms with Crippen LogP contribution in [0.2, 0.25) is 0 Å². The first-order valence-electron chi connectivity index (χ1n) is 18.8. The zero-order chi connectivity index (χ0) is 39.3. The number of nitrogens with one attached hydrogen (secondary N) is 3. The molecule has 1 heterocycles. The highest BCUT2D eigenvalue weighted by molar-refractivity contribution is 6.04. The van der Waals surface area contributed by atoms with Gasteiger partial charge in [-0.25, -0.2) is 0 Å². The summed E-state index contributed by atoms with van der Waals surface area (Å²) < 4.78 is 11.7. The lowest BCUT2D eigenvalue weighted by atomic mass is 9.85. The van der Waals surface area contributed by atoms with Crippen LogP contribution in [0.25, 0.3) is 11.1 Å². The maximum absolute atomic E-state index is 12.9. The molecular formula is C45H51N5O5. The number of ether oxygens (including phenoxy) is 2. The number of rotatable bonds is 18. The molecule has 0 fully saturated rings. The molecule has 0 saturated carbocycles. The van der Waals surface area contributed by atoms with Gasteiger partial charge < -0.3 is 30.8 Å². The minimum absolute atomic E-state index is 0.125. The van der Waals surface area contributed by atoms with Crippen LogP contribution in [-0.4, -0.2) is 42.5 Å². The molecule has 0 bridgehead atoms. The average molecular weight is 742 g/mol. The number of hydrogen-bond acceptors (Lipinski definition) is 7. The predicted octanol–water partition coefficient (Wildman–Crippen LogP) is 9.69. The number of aromatic nitrogens is 1. The monoisotopic (exact) mass is 741 g/mol. The van der Waals surface area contributed by atoms with E-state index in [1.54, 1.807) is 24.4 Å². The van der Waals surface area contributed by atoms with Crippen LogP contribution in [0.4, 0.5) is 22.7 Å². The molecule has 4 aromatic carbocycles. The minimum atomic E-state index is -0.334. The minimum Gasteiger partial charge on any atom is -0.493 e. The van der Waals surface area contributed by atoms with Crippen LogP contribution < -0.4 is 25.8 Å². The number of amides is 2. The standard InChI is InChI=1S/C45H51N5O5/c1-6-29(3)35(23-34-12-9-8-11-31(34)7-2)27-47-40-26-43(42(54-5)25-39(40)30(4)51)55-22-10-13-44(52)49-38-24-41(48-28-38)45(53)50-37-20-16-33(17-21-37)32-14-18-36(46)19-15-32/h8-9,11-12,14-21,24-29,35,48H,6-7,10,13,22-23,46H2,1-5H3,(H,49,52)(H,50,53)/b47-27-/t29-,35?/m1/s1. The molecule has 0 aliphatic rings. The van der Waals surface area contributed by atoms with Gasteiger partial charge in [-0.15, -0.1) is 0 Å². The number of carbonyl (C=O) groups excluding carboxylic acids is 3. The molecule has 55 heavy (non-hydrogen) atoms. The number of aryl methyl sites for hydroxylation is 1. The van der Waals surface area contributed by atoms with Gasteiger partial charge in [0.25, 0.3) is 5.91 Å². The summed E-state index contributed by atoms with van der Waals surface area (Å²) in [5.74, 6) is 0.732. The topological polar surface area (TPSA) is 148 Å². The van der Waals surface area contributed by atoms with Crippen LogP contribution in [0.1, 0.15) is 78.9 Å². The molecule has 0 saturated heterocycles. The molecular weight excluding hydrogens is 691 g/mol. The van der Waals surface area contributed by atoms with Crippen LogP contribution in [0.5, 0.6) is 11.5 Å². The smallest absolute Gasteiger partial charge is 0.272 e. The summed E-state index contributed by atoms with van der Waals surface area (Å²) in [6.07, 6.45) is 6.97. The summed E-state index contributed by atoms with van der Waals surface area (Å²) in [4.78, 5) is 46.1. The van der Waals surface area contributed by atoms with Crippen LogP contribution in [-0.2, 0) is 17.6 Å². The molecule has 0 spiro atoms. The van der Waals surface area contributed by atoms with Crippen molar-refractivity contribution in [2.75, 3.05) is 30.1 Å². The van der Waals surface area contributed by atoms with Gasteiger partial charge in [0.15, 0.2) is 17.3 Å². The molecule has 0 aliphatic heterocycles. The van der Waals surface area contributed by atoms with Crippen molar-refractivity contribution < 1.29 is 23.9 Å². The predicted molar refractivity (Wildman–Crippen MR) is 222 cm³/mol. The highest BCUT2D eigenvalue weighted by Gasteiger charge is 2.19. The summed E-state index contributed by atoms with van der Waals surface area (Å²) in [6.45, 7) is 8.32. The van der Waals surface area contributed by atoms with E-state index >= 15 is 0 Å². The van der Waals surface area contributed by atoms with E-state index in [0.717, 1.165) is 30.4 Å². The third kappa shape index (κ3) is 10.9.